The molecule has 3 rings (SSSR count). The van der Waals surface area contributed by atoms with E-state index in [1.807, 2.05) is 0 Å². The average Bonchev–Trinajstić information content (AvgIpc) is 2.55. The molecule has 2 aromatic carbocycles. The van der Waals surface area contributed by atoms with E-state index in [9.17, 15) is 18.0 Å². The van der Waals surface area contributed by atoms with Crippen LogP contribution >= 0.6 is 11.6 Å². The molecule has 1 aliphatic heterocycles. The number of aryl methyl sites for hydroxylation is 1. The van der Waals surface area contributed by atoms with Crippen molar-refractivity contribution >= 4 is 44.9 Å². The van der Waals surface area contributed by atoms with Crippen molar-refractivity contribution in [3.05, 3.63) is 47.0 Å². The van der Waals surface area contributed by atoms with E-state index in [0.717, 1.165) is 5.56 Å². The van der Waals surface area contributed by atoms with Gasteiger partial charge in [0.15, 0.2) is 0 Å². The largest absolute Gasteiger partial charge is 0.379 e. The molecule has 2 amide bonds. The van der Waals surface area contributed by atoms with Crippen LogP contribution in [-0.4, -0.2) is 20.2 Å². The quantitative estimate of drug-likeness (QED) is 0.776. The number of carbonyl (C=O) groups excluding carboxylic acids is 2. The first-order valence-electron chi connectivity index (χ1n) is 7.69. The fourth-order valence-corrected chi connectivity index (χ4v) is 4.02. The molecule has 0 aliphatic carbocycles. The lowest BCUT2D eigenvalue weighted by Gasteiger charge is -2.18. The highest BCUT2D eigenvalue weighted by atomic mass is 35.5. The minimum absolute atomic E-state index is 0.0229. The lowest BCUT2D eigenvalue weighted by atomic mass is 10.0. The van der Waals surface area contributed by atoms with Gasteiger partial charge in [-0.05, 0) is 48.4 Å². The van der Waals surface area contributed by atoms with Gasteiger partial charge in [-0.1, -0.05) is 11.6 Å². The number of amides is 2. The normalized spacial score (nSPS) is 13.5. The number of rotatable bonds is 4. The zero-order valence-corrected chi connectivity index (χ0v) is 15.3. The van der Waals surface area contributed by atoms with Gasteiger partial charge in [-0.2, -0.15) is 8.42 Å². The highest BCUT2D eigenvalue weighted by Gasteiger charge is 2.25. The molecular weight excluding hydrogens is 380 g/mol. The Labute approximate surface area is 155 Å². The van der Waals surface area contributed by atoms with Crippen LogP contribution in [0.15, 0.2) is 41.3 Å². The van der Waals surface area contributed by atoms with Gasteiger partial charge in [-0.15, -0.1) is 0 Å². The minimum Gasteiger partial charge on any atom is -0.379 e. The second-order valence-corrected chi connectivity index (χ2v) is 7.65. The van der Waals surface area contributed by atoms with E-state index in [0.29, 0.717) is 24.2 Å². The van der Waals surface area contributed by atoms with E-state index in [-0.39, 0.29) is 27.5 Å². The summed E-state index contributed by atoms with van der Waals surface area (Å²) in [6.45, 7) is 1.37. The van der Waals surface area contributed by atoms with Crippen molar-refractivity contribution in [2.24, 2.45) is 0 Å². The lowest BCUT2D eigenvalue weighted by molar-refractivity contribution is -0.116. The van der Waals surface area contributed by atoms with Gasteiger partial charge in [0, 0.05) is 24.7 Å². The summed E-state index contributed by atoms with van der Waals surface area (Å²) < 4.78 is 30.2. The molecule has 0 saturated heterocycles. The maximum atomic E-state index is 12.6. The predicted octanol–water partition coefficient (Wildman–Crippen LogP) is 2.95. The highest BCUT2D eigenvalue weighted by Crippen LogP contribution is 2.33. The molecule has 0 bridgehead atoms. The van der Waals surface area contributed by atoms with E-state index < -0.39 is 10.1 Å². The summed E-state index contributed by atoms with van der Waals surface area (Å²) in [4.78, 5) is 22.3. The van der Waals surface area contributed by atoms with Crippen molar-refractivity contribution in [3.63, 3.8) is 0 Å². The maximum absolute atomic E-state index is 12.6. The summed E-state index contributed by atoms with van der Waals surface area (Å²) in [6, 6.07) is 8.68. The Morgan fingerprint density at radius 2 is 1.88 bits per heavy atom. The predicted molar refractivity (Wildman–Crippen MR) is 97.0 cm³/mol. The van der Waals surface area contributed by atoms with Crippen molar-refractivity contribution in [2.75, 3.05) is 10.6 Å². The SMILES string of the molecule is CC(=O)Nc1ccc(OS(=O)(=O)c2cc3c(cc2Cl)CCC(=O)N3)cc1. The Bertz CT molecular complexity index is 987. The van der Waals surface area contributed by atoms with Gasteiger partial charge < -0.3 is 14.8 Å². The molecule has 0 saturated carbocycles. The van der Waals surface area contributed by atoms with Crippen molar-refractivity contribution < 1.29 is 22.2 Å². The standard InChI is InChI=1S/C17H15ClN2O5S/c1-10(21)19-12-3-5-13(6-4-12)25-26(23,24)16-9-15-11(8-14(16)18)2-7-17(22)20-15/h3-6,8-9H,2,7H2,1H3,(H,19,21)(H,20,22). The second-order valence-electron chi connectivity index (χ2n) is 5.73. The van der Waals surface area contributed by atoms with Gasteiger partial charge in [-0.3, -0.25) is 9.59 Å². The van der Waals surface area contributed by atoms with Crippen LogP contribution in [0.1, 0.15) is 18.9 Å². The van der Waals surface area contributed by atoms with E-state index in [2.05, 4.69) is 10.6 Å². The Hall–Kier alpha value is -2.58. The second kappa shape index (κ2) is 6.97. The van der Waals surface area contributed by atoms with Crippen molar-refractivity contribution in [1.82, 2.24) is 0 Å². The fourth-order valence-electron chi connectivity index (χ4n) is 2.54. The summed E-state index contributed by atoms with van der Waals surface area (Å²) in [5.41, 5.74) is 1.69. The topological polar surface area (TPSA) is 102 Å². The first kappa shape index (κ1) is 18.2. The Morgan fingerprint density at radius 3 is 2.54 bits per heavy atom. The molecule has 0 aromatic heterocycles. The molecule has 1 heterocycles. The molecule has 7 nitrogen and oxygen atoms in total. The van der Waals surface area contributed by atoms with Crippen molar-refractivity contribution in [1.29, 1.82) is 0 Å². The molecule has 1 aliphatic rings. The van der Waals surface area contributed by atoms with Crippen LogP contribution in [0.3, 0.4) is 0 Å². The van der Waals surface area contributed by atoms with Crippen molar-refractivity contribution in [2.45, 2.75) is 24.7 Å². The number of hydrogen-bond donors (Lipinski definition) is 2. The maximum Gasteiger partial charge on any atom is 0.340 e. The number of nitrogens with one attached hydrogen (secondary N) is 2. The Kier molecular flexibility index (Phi) is 4.88. The number of hydrogen-bond acceptors (Lipinski definition) is 5. The van der Waals surface area contributed by atoms with Crippen LogP contribution in [0, 0.1) is 0 Å². The molecule has 2 aromatic rings. The third-order valence-corrected chi connectivity index (χ3v) is 5.42. The third kappa shape index (κ3) is 3.97. The molecule has 0 unspecified atom stereocenters. The van der Waals surface area contributed by atoms with Gasteiger partial charge >= 0.3 is 10.1 Å². The van der Waals surface area contributed by atoms with Crippen LogP contribution in [0.25, 0.3) is 0 Å². The molecule has 9 heteroatoms. The van der Waals surface area contributed by atoms with Crippen LogP contribution in [0.2, 0.25) is 5.02 Å². The molecule has 136 valence electrons. The zero-order valence-electron chi connectivity index (χ0n) is 13.7. The van der Waals surface area contributed by atoms with Crippen LogP contribution in [0.4, 0.5) is 11.4 Å². The van der Waals surface area contributed by atoms with Gasteiger partial charge in [-0.25, -0.2) is 0 Å². The molecule has 26 heavy (non-hydrogen) atoms. The van der Waals surface area contributed by atoms with E-state index >= 15 is 0 Å². The molecule has 0 atom stereocenters. The molecule has 2 N–H and O–H groups in total. The van der Waals surface area contributed by atoms with Gasteiger partial charge in [0.2, 0.25) is 11.8 Å². The Balaban J connectivity index is 1.87. The first-order chi connectivity index (χ1) is 12.2. The van der Waals surface area contributed by atoms with Crippen LogP contribution < -0.4 is 14.8 Å². The monoisotopic (exact) mass is 394 g/mol. The smallest absolute Gasteiger partial charge is 0.340 e. The third-order valence-electron chi connectivity index (χ3n) is 3.70. The lowest BCUT2D eigenvalue weighted by Crippen LogP contribution is -2.20. The highest BCUT2D eigenvalue weighted by molar-refractivity contribution is 7.87. The fraction of sp³-hybridized carbons (Fsp3) is 0.176. The van der Waals surface area contributed by atoms with E-state index in [1.165, 1.54) is 43.3 Å². The van der Waals surface area contributed by atoms with Gasteiger partial charge in [0.1, 0.15) is 10.6 Å². The molecule has 0 spiro atoms. The number of fused-ring (bicyclic) bond motifs is 1. The molecule has 0 radical (unpaired) electrons. The van der Waals surface area contributed by atoms with Gasteiger partial charge in [0.05, 0.1) is 5.02 Å². The van der Waals surface area contributed by atoms with Gasteiger partial charge in [0.25, 0.3) is 0 Å². The number of benzene rings is 2. The number of carbonyl (C=O) groups is 2. The molecule has 0 fully saturated rings. The number of halogens is 1. The Morgan fingerprint density at radius 1 is 1.19 bits per heavy atom. The molecular formula is C17H15ClN2O5S. The average molecular weight is 395 g/mol. The van der Waals surface area contributed by atoms with Crippen LogP contribution in [-0.2, 0) is 26.1 Å². The summed E-state index contributed by atoms with van der Waals surface area (Å²) in [6.07, 6.45) is 0.819. The minimum atomic E-state index is -4.20. The summed E-state index contributed by atoms with van der Waals surface area (Å²) in [7, 11) is -4.20. The van der Waals surface area contributed by atoms with Crippen molar-refractivity contribution in [3.8, 4) is 5.75 Å². The van der Waals surface area contributed by atoms with Crippen LogP contribution in [0.5, 0.6) is 5.75 Å². The van der Waals surface area contributed by atoms with E-state index in [1.54, 1.807) is 0 Å². The zero-order chi connectivity index (χ0) is 18.9. The summed E-state index contributed by atoms with van der Waals surface area (Å²) >= 11 is 6.11. The van der Waals surface area contributed by atoms with E-state index in [4.69, 9.17) is 15.8 Å². The summed E-state index contributed by atoms with van der Waals surface area (Å²) in [5.74, 6) is -0.358. The first-order valence-corrected chi connectivity index (χ1v) is 9.47. The number of anilines is 2. The summed E-state index contributed by atoms with van der Waals surface area (Å²) in [5, 5.41) is 5.22.